The van der Waals surface area contributed by atoms with Gasteiger partial charge in [0.2, 0.25) is 0 Å². The molecule has 0 unspecified atom stereocenters. The Hall–Kier alpha value is -0.610. The molecule has 4 heteroatoms. The minimum atomic E-state index is -2.24. The second-order valence-corrected chi connectivity index (χ2v) is 6.11. The van der Waals surface area contributed by atoms with Crippen molar-refractivity contribution in [3.8, 4) is 0 Å². The Bertz CT molecular complexity index is 376. The van der Waals surface area contributed by atoms with Crippen LogP contribution in [0.15, 0.2) is 29.2 Å². The first-order valence-corrected chi connectivity index (χ1v) is 8.03. The molecule has 1 saturated carbocycles. The van der Waals surface area contributed by atoms with Crippen LogP contribution in [-0.2, 0) is 6.54 Å². The number of halogens is 2. The van der Waals surface area contributed by atoms with Crippen LogP contribution in [0.1, 0.15) is 24.8 Å². The minimum absolute atomic E-state index is 0.110. The van der Waals surface area contributed by atoms with Gasteiger partial charge in [-0.2, -0.15) is 0 Å². The average Bonchev–Trinajstić information content (AvgIpc) is 2.34. The Morgan fingerprint density at radius 2 is 1.95 bits per heavy atom. The van der Waals surface area contributed by atoms with Crippen LogP contribution in [0.5, 0.6) is 0 Å². The molecule has 1 aromatic carbocycles. The van der Waals surface area contributed by atoms with E-state index in [-0.39, 0.29) is 6.54 Å². The molecule has 0 spiro atoms. The summed E-state index contributed by atoms with van der Waals surface area (Å²) in [4.78, 5) is 3.12. The molecule has 0 aromatic heterocycles. The second-order valence-electron chi connectivity index (χ2n) is 5.23. The van der Waals surface area contributed by atoms with Crippen molar-refractivity contribution in [2.45, 2.75) is 37.1 Å². The summed E-state index contributed by atoms with van der Waals surface area (Å²) >= 11 is 1.70. The summed E-state index contributed by atoms with van der Waals surface area (Å²) in [6.07, 6.45) is 3.45. The van der Waals surface area contributed by atoms with Gasteiger partial charge in [0.15, 0.2) is 0 Å². The van der Waals surface area contributed by atoms with Crippen LogP contribution >= 0.6 is 11.8 Å². The fraction of sp³-hybridized carbons (Fsp3) is 0.600. The molecule has 0 radical (unpaired) electrons. The molecule has 1 aliphatic carbocycles. The quantitative estimate of drug-likeness (QED) is 0.688. The first-order valence-electron chi connectivity index (χ1n) is 6.81. The zero-order valence-electron chi connectivity index (χ0n) is 11.3. The molecular formula is C15H21F2NS. The molecule has 106 valence electrons. The van der Waals surface area contributed by atoms with Crippen LogP contribution in [0.25, 0.3) is 0 Å². The van der Waals surface area contributed by atoms with Gasteiger partial charge in [0, 0.05) is 18.0 Å². The Morgan fingerprint density at radius 3 is 2.42 bits per heavy atom. The first kappa shape index (κ1) is 14.8. The van der Waals surface area contributed by atoms with Crippen LogP contribution in [0.2, 0.25) is 0 Å². The largest absolute Gasteiger partial charge is 0.293 e. The lowest BCUT2D eigenvalue weighted by molar-refractivity contribution is 0.0666. The van der Waals surface area contributed by atoms with E-state index >= 15 is 0 Å². The number of alkyl halides is 2. The maximum atomic E-state index is 12.6. The Balaban J connectivity index is 1.92. The molecule has 0 N–H and O–H groups in total. The Morgan fingerprint density at radius 1 is 1.26 bits per heavy atom. The van der Waals surface area contributed by atoms with Crippen LogP contribution in [0.3, 0.4) is 0 Å². The summed E-state index contributed by atoms with van der Waals surface area (Å²) in [5.74, 6) is 0.629. The van der Waals surface area contributed by atoms with Gasteiger partial charge in [0.1, 0.15) is 0 Å². The molecule has 0 atom stereocenters. The molecule has 1 nitrogen and oxygen atoms in total. The van der Waals surface area contributed by atoms with Crippen molar-refractivity contribution in [2.24, 2.45) is 5.92 Å². The number of thioether (sulfide) groups is 1. The van der Waals surface area contributed by atoms with E-state index in [2.05, 4.69) is 12.1 Å². The molecule has 2 rings (SSSR count). The number of benzene rings is 1. The van der Waals surface area contributed by atoms with Crippen molar-refractivity contribution < 1.29 is 8.78 Å². The Labute approximate surface area is 118 Å². The highest BCUT2D eigenvalue weighted by atomic mass is 32.2. The summed E-state index contributed by atoms with van der Waals surface area (Å²) in [5.41, 5.74) is 1.12. The van der Waals surface area contributed by atoms with Gasteiger partial charge in [-0.3, -0.25) is 4.90 Å². The number of hydrogen-bond donors (Lipinski definition) is 0. The maximum absolute atomic E-state index is 12.6. The summed E-state index contributed by atoms with van der Waals surface area (Å²) in [6, 6.07) is 8.21. The standard InChI is InChI=1S/C15H21F2NS/c1-19-14-7-5-13(6-8-14)10-18(11-15(16)17)9-12-3-2-4-12/h5-8,12,15H,2-4,9-11H2,1H3. The van der Waals surface area contributed by atoms with E-state index in [9.17, 15) is 8.78 Å². The summed E-state index contributed by atoms with van der Waals surface area (Å²) in [6.45, 7) is 1.34. The zero-order chi connectivity index (χ0) is 13.7. The van der Waals surface area contributed by atoms with Crippen molar-refractivity contribution in [1.82, 2.24) is 4.90 Å². The molecule has 1 aliphatic rings. The second kappa shape index (κ2) is 7.25. The van der Waals surface area contributed by atoms with Gasteiger partial charge in [-0.05, 0) is 42.7 Å². The van der Waals surface area contributed by atoms with E-state index in [1.165, 1.54) is 24.2 Å². The molecular weight excluding hydrogens is 264 g/mol. The van der Waals surface area contributed by atoms with Crippen molar-refractivity contribution in [3.05, 3.63) is 29.8 Å². The van der Waals surface area contributed by atoms with Gasteiger partial charge in [-0.1, -0.05) is 18.6 Å². The van der Waals surface area contributed by atoms with Gasteiger partial charge >= 0.3 is 0 Å². The van der Waals surface area contributed by atoms with E-state index in [0.29, 0.717) is 12.5 Å². The molecule has 0 heterocycles. The van der Waals surface area contributed by atoms with Crippen LogP contribution in [-0.4, -0.2) is 30.7 Å². The average molecular weight is 285 g/mol. The number of rotatable bonds is 7. The molecule has 0 saturated heterocycles. The lowest BCUT2D eigenvalue weighted by Gasteiger charge is -2.32. The topological polar surface area (TPSA) is 3.24 Å². The SMILES string of the molecule is CSc1ccc(CN(CC(F)F)CC2CCC2)cc1. The highest BCUT2D eigenvalue weighted by molar-refractivity contribution is 7.98. The van der Waals surface area contributed by atoms with Gasteiger partial charge in [-0.15, -0.1) is 11.8 Å². The van der Waals surface area contributed by atoms with Crippen LogP contribution < -0.4 is 0 Å². The van der Waals surface area contributed by atoms with Crippen molar-refractivity contribution in [2.75, 3.05) is 19.3 Å². The molecule has 0 aliphatic heterocycles. The third-order valence-corrected chi connectivity index (χ3v) is 4.45. The number of nitrogens with zero attached hydrogens (tertiary/aromatic N) is 1. The van der Waals surface area contributed by atoms with Crippen molar-refractivity contribution >= 4 is 11.8 Å². The van der Waals surface area contributed by atoms with Gasteiger partial charge < -0.3 is 0 Å². The molecule has 0 bridgehead atoms. The summed E-state index contributed by atoms with van der Waals surface area (Å²) < 4.78 is 25.3. The fourth-order valence-electron chi connectivity index (χ4n) is 2.43. The predicted octanol–water partition coefficient (Wildman–Crippen LogP) is 4.28. The highest BCUT2D eigenvalue weighted by Gasteiger charge is 2.22. The fourth-order valence-corrected chi connectivity index (χ4v) is 2.84. The van der Waals surface area contributed by atoms with E-state index in [4.69, 9.17) is 0 Å². The molecule has 1 fully saturated rings. The monoisotopic (exact) mass is 285 g/mol. The maximum Gasteiger partial charge on any atom is 0.251 e. The zero-order valence-corrected chi connectivity index (χ0v) is 12.1. The van der Waals surface area contributed by atoms with Crippen molar-refractivity contribution in [1.29, 1.82) is 0 Å². The lowest BCUT2D eigenvalue weighted by Crippen LogP contribution is -2.35. The van der Waals surface area contributed by atoms with Gasteiger partial charge in [0.25, 0.3) is 6.43 Å². The molecule has 19 heavy (non-hydrogen) atoms. The third-order valence-electron chi connectivity index (χ3n) is 3.70. The molecule has 1 aromatic rings. The van der Waals surface area contributed by atoms with Gasteiger partial charge in [0.05, 0.1) is 6.54 Å². The third kappa shape index (κ3) is 4.77. The first-order chi connectivity index (χ1) is 9.17. The van der Waals surface area contributed by atoms with Crippen LogP contribution in [0, 0.1) is 5.92 Å². The van der Waals surface area contributed by atoms with E-state index < -0.39 is 6.43 Å². The smallest absolute Gasteiger partial charge is 0.251 e. The normalized spacial score (nSPS) is 16.1. The van der Waals surface area contributed by atoms with E-state index in [1.807, 2.05) is 23.3 Å². The molecule has 0 amide bonds. The highest BCUT2D eigenvalue weighted by Crippen LogP contribution is 2.28. The van der Waals surface area contributed by atoms with E-state index in [0.717, 1.165) is 12.1 Å². The summed E-state index contributed by atoms with van der Waals surface area (Å²) in [7, 11) is 0. The Kier molecular flexibility index (Phi) is 5.64. The minimum Gasteiger partial charge on any atom is -0.293 e. The van der Waals surface area contributed by atoms with Gasteiger partial charge in [-0.25, -0.2) is 8.78 Å². The van der Waals surface area contributed by atoms with E-state index in [1.54, 1.807) is 11.8 Å². The number of hydrogen-bond acceptors (Lipinski definition) is 2. The van der Waals surface area contributed by atoms with Crippen molar-refractivity contribution in [3.63, 3.8) is 0 Å². The lowest BCUT2D eigenvalue weighted by atomic mass is 9.85. The van der Waals surface area contributed by atoms with Crippen LogP contribution in [0.4, 0.5) is 8.78 Å². The summed E-state index contributed by atoms with van der Waals surface area (Å²) in [5, 5.41) is 0. The predicted molar refractivity (Wildman–Crippen MR) is 76.8 cm³/mol.